The Labute approximate surface area is 126 Å². The number of hydrogen-bond acceptors (Lipinski definition) is 5. The highest BCUT2D eigenvalue weighted by Gasteiger charge is 2.22. The van der Waals surface area contributed by atoms with Gasteiger partial charge in [-0.05, 0) is 37.8 Å². The molecule has 1 fully saturated rings. The minimum Gasteiger partial charge on any atom is -0.339 e. The minimum absolute atomic E-state index is 0.238. The van der Waals surface area contributed by atoms with Crippen LogP contribution in [0.3, 0.4) is 0 Å². The molecule has 0 spiro atoms. The number of piperidine rings is 1. The summed E-state index contributed by atoms with van der Waals surface area (Å²) in [4.78, 5) is 4.53. The first kappa shape index (κ1) is 15.8. The minimum atomic E-state index is 0.238. The van der Waals surface area contributed by atoms with E-state index in [1.165, 1.54) is 12.8 Å². The lowest BCUT2D eigenvalue weighted by atomic mass is 9.85. The summed E-state index contributed by atoms with van der Waals surface area (Å²) in [5.41, 5.74) is 0. The third-order valence-corrected chi connectivity index (χ3v) is 5.05. The molecule has 20 heavy (non-hydrogen) atoms. The number of hydrogen-bond donors (Lipinski definition) is 1. The van der Waals surface area contributed by atoms with Crippen LogP contribution in [-0.4, -0.2) is 28.0 Å². The Morgan fingerprint density at radius 1 is 1.45 bits per heavy atom. The Kier molecular flexibility index (Phi) is 5.49. The van der Waals surface area contributed by atoms with Gasteiger partial charge in [-0.1, -0.05) is 32.9 Å². The summed E-state index contributed by atoms with van der Waals surface area (Å²) in [6.07, 6.45) is 3.50. The van der Waals surface area contributed by atoms with Crippen LogP contribution in [0.1, 0.15) is 52.3 Å². The van der Waals surface area contributed by atoms with Crippen LogP contribution in [0.15, 0.2) is 4.52 Å². The second-order valence-electron chi connectivity index (χ2n) is 6.79. The third-order valence-electron chi connectivity index (χ3n) is 3.78. The largest absolute Gasteiger partial charge is 0.339 e. The van der Waals surface area contributed by atoms with E-state index in [0.29, 0.717) is 5.92 Å². The van der Waals surface area contributed by atoms with Crippen molar-refractivity contribution in [1.82, 2.24) is 15.5 Å². The van der Waals surface area contributed by atoms with Crippen molar-refractivity contribution in [2.45, 2.75) is 57.5 Å². The second-order valence-corrected chi connectivity index (χ2v) is 8.60. The lowest BCUT2D eigenvalue weighted by Crippen LogP contribution is -2.33. The molecule has 114 valence electrons. The van der Waals surface area contributed by atoms with Crippen LogP contribution >= 0.6 is 11.8 Å². The fourth-order valence-corrected chi connectivity index (χ4v) is 3.20. The van der Waals surface area contributed by atoms with E-state index >= 15 is 0 Å². The van der Waals surface area contributed by atoms with E-state index in [1.807, 2.05) is 11.8 Å². The van der Waals surface area contributed by atoms with E-state index in [9.17, 15) is 0 Å². The van der Waals surface area contributed by atoms with E-state index in [1.54, 1.807) is 0 Å². The van der Waals surface area contributed by atoms with Gasteiger partial charge in [-0.3, -0.25) is 0 Å². The highest BCUT2D eigenvalue weighted by molar-refractivity contribution is 7.99. The first-order valence-electron chi connectivity index (χ1n) is 7.60. The predicted octanol–water partition coefficient (Wildman–Crippen LogP) is 3.28. The molecular formula is C15H27N3OS. The van der Waals surface area contributed by atoms with Crippen molar-refractivity contribution in [1.29, 1.82) is 0 Å². The Morgan fingerprint density at radius 2 is 2.25 bits per heavy atom. The summed E-state index contributed by atoms with van der Waals surface area (Å²) >= 11 is 1.85. The lowest BCUT2D eigenvalue weighted by molar-refractivity contribution is 0.256. The van der Waals surface area contributed by atoms with Gasteiger partial charge in [0, 0.05) is 11.2 Å². The monoisotopic (exact) mass is 297 g/mol. The van der Waals surface area contributed by atoms with Crippen LogP contribution in [-0.2, 0) is 12.2 Å². The standard InChI is InChI=1S/C15H27N3OS/c1-11(12-6-5-7-16-9-12)8-14-17-13(18-19-14)10-20-15(2,3)4/h11-12,16H,5-10H2,1-4H3. The number of thioether (sulfide) groups is 1. The molecule has 0 saturated carbocycles. The molecule has 2 heterocycles. The van der Waals surface area contributed by atoms with Crippen LogP contribution in [0.4, 0.5) is 0 Å². The van der Waals surface area contributed by atoms with E-state index < -0.39 is 0 Å². The van der Waals surface area contributed by atoms with Crippen LogP contribution in [0, 0.1) is 11.8 Å². The molecule has 0 bridgehead atoms. The zero-order chi connectivity index (χ0) is 14.6. The van der Waals surface area contributed by atoms with E-state index in [2.05, 4.69) is 43.2 Å². The van der Waals surface area contributed by atoms with Gasteiger partial charge in [-0.15, -0.1) is 11.8 Å². The SMILES string of the molecule is CC(Cc1nc(CSC(C)(C)C)no1)C1CCCNC1. The summed E-state index contributed by atoms with van der Waals surface area (Å²) in [5.74, 6) is 3.79. The molecule has 1 saturated heterocycles. The molecule has 1 aliphatic rings. The second kappa shape index (κ2) is 6.94. The molecule has 1 aromatic heterocycles. The maximum absolute atomic E-state index is 5.40. The zero-order valence-corrected chi connectivity index (χ0v) is 13.9. The Morgan fingerprint density at radius 3 is 2.90 bits per heavy atom. The summed E-state index contributed by atoms with van der Waals surface area (Å²) in [6.45, 7) is 11.2. The number of nitrogens with zero attached hydrogens (tertiary/aromatic N) is 2. The van der Waals surface area contributed by atoms with Gasteiger partial charge >= 0.3 is 0 Å². The fourth-order valence-electron chi connectivity index (χ4n) is 2.52. The van der Waals surface area contributed by atoms with E-state index in [4.69, 9.17) is 4.52 Å². The highest BCUT2D eigenvalue weighted by Crippen LogP contribution is 2.27. The first-order chi connectivity index (χ1) is 9.44. The van der Waals surface area contributed by atoms with Crippen LogP contribution in [0.25, 0.3) is 0 Å². The normalized spacial score (nSPS) is 21.9. The van der Waals surface area contributed by atoms with Gasteiger partial charge in [0.1, 0.15) is 0 Å². The molecule has 0 radical (unpaired) electrons. The van der Waals surface area contributed by atoms with Crippen molar-refractivity contribution in [2.75, 3.05) is 13.1 Å². The van der Waals surface area contributed by atoms with Gasteiger partial charge in [0.15, 0.2) is 5.82 Å². The topological polar surface area (TPSA) is 51.0 Å². The molecule has 1 aromatic rings. The quantitative estimate of drug-likeness (QED) is 0.904. The summed E-state index contributed by atoms with van der Waals surface area (Å²) in [6, 6.07) is 0. The lowest BCUT2D eigenvalue weighted by Gasteiger charge is -2.27. The Balaban J connectivity index is 1.82. The van der Waals surface area contributed by atoms with Gasteiger partial charge in [-0.25, -0.2) is 0 Å². The van der Waals surface area contributed by atoms with Gasteiger partial charge in [0.05, 0.1) is 5.75 Å². The Bertz CT molecular complexity index is 407. The molecule has 0 aliphatic carbocycles. The smallest absolute Gasteiger partial charge is 0.226 e. The molecule has 0 amide bonds. The third kappa shape index (κ3) is 5.09. The molecule has 5 heteroatoms. The predicted molar refractivity (Wildman–Crippen MR) is 83.8 cm³/mol. The van der Waals surface area contributed by atoms with Crippen LogP contribution in [0.2, 0.25) is 0 Å². The fraction of sp³-hybridized carbons (Fsp3) is 0.867. The van der Waals surface area contributed by atoms with Gasteiger partial charge in [0.25, 0.3) is 0 Å². The van der Waals surface area contributed by atoms with Crippen molar-refractivity contribution in [3.63, 3.8) is 0 Å². The number of aromatic nitrogens is 2. The van der Waals surface area contributed by atoms with Crippen LogP contribution in [0.5, 0.6) is 0 Å². The summed E-state index contributed by atoms with van der Waals surface area (Å²) < 4.78 is 5.63. The number of nitrogens with one attached hydrogen (secondary N) is 1. The summed E-state index contributed by atoms with van der Waals surface area (Å²) in [7, 11) is 0. The van der Waals surface area contributed by atoms with E-state index in [-0.39, 0.29) is 4.75 Å². The summed E-state index contributed by atoms with van der Waals surface area (Å²) in [5, 5.41) is 7.57. The Hall–Kier alpha value is -0.550. The van der Waals surface area contributed by atoms with Crippen LogP contribution < -0.4 is 5.32 Å². The molecular weight excluding hydrogens is 270 g/mol. The molecule has 2 rings (SSSR count). The van der Waals surface area contributed by atoms with Crippen molar-refractivity contribution in [3.8, 4) is 0 Å². The van der Waals surface area contributed by atoms with Gasteiger partial charge < -0.3 is 9.84 Å². The van der Waals surface area contributed by atoms with Gasteiger partial charge in [0.2, 0.25) is 5.89 Å². The van der Waals surface area contributed by atoms with Gasteiger partial charge in [-0.2, -0.15) is 4.98 Å². The van der Waals surface area contributed by atoms with Crippen molar-refractivity contribution >= 4 is 11.8 Å². The van der Waals surface area contributed by atoms with Crippen molar-refractivity contribution in [3.05, 3.63) is 11.7 Å². The van der Waals surface area contributed by atoms with Crippen molar-refractivity contribution in [2.24, 2.45) is 11.8 Å². The van der Waals surface area contributed by atoms with Crippen molar-refractivity contribution < 1.29 is 4.52 Å². The molecule has 1 aliphatic heterocycles. The number of rotatable bonds is 5. The molecule has 2 atom stereocenters. The first-order valence-corrected chi connectivity index (χ1v) is 8.59. The molecule has 1 N–H and O–H groups in total. The highest BCUT2D eigenvalue weighted by atomic mass is 32.2. The molecule has 0 aromatic carbocycles. The average molecular weight is 297 g/mol. The van der Waals surface area contributed by atoms with E-state index in [0.717, 1.165) is 42.9 Å². The molecule has 4 nitrogen and oxygen atoms in total. The average Bonchev–Trinajstić information content (AvgIpc) is 2.84. The maximum atomic E-state index is 5.40. The maximum Gasteiger partial charge on any atom is 0.226 e. The molecule has 2 unspecified atom stereocenters. The zero-order valence-electron chi connectivity index (χ0n) is 13.1.